The second-order valence-corrected chi connectivity index (χ2v) is 4.70. The summed E-state index contributed by atoms with van der Waals surface area (Å²) >= 11 is 0. The van der Waals surface area contributed by atoms with E-state index < -0.39 is 18.1 Å². The second-order valence-electron chi connectivity index (χ2n) is 4.70. The predicted molar refractivity (Wildman–Crippen MR) is 70.2 cm³/mol. The van der Waals surface area contributed by atoms with Crippen LogP contribution in [0.1, 0.15) is 0 Å². The first kappa shape index (κ1) is 13.7. The number of aliphatic hydroxyl groups is 2. The van der Waals surface area contributed by atoms with Crippen molar-refractivity contribution in [1.29, 1.82) is 0 Å². The smallest absolute Gasteiger partial charge is 0.235 e. The molecule has 2 aliphatic rings. The fourth-order valence-electron chi connectivity index (χ4n) is 2.07. The molecule has 6 N–H and O–H groups in total. The first-order chi connectivity index (χ1) is 8.99. The number of nitrogens with two attached hydrogens (primary N) is 1. The van der Waals surface area contributed by atoms with Gasteiger partial charge in [0, 0.05) is 6.54 Å². The first-order valence-electron chi connectivity index (χ1n) is 6.05. The van der Waals surface area contributed by atoms with Crippen LogP contribution in [0, 0.1) is 5.92 Å². The SMILES string of the molecule is C=C(CNC1C=CC(O)C1O)C1CN=C(N)NC1=O. The van der Waals surface area contributed by atoms with Crippen molar-refractivity contribution >= 4 is 11.9 Å². The fraction of sp³-hybridized carbons (Fsp3) is 0.500. The minimum absolute atomic E-state index is 0.124. The zero-order valence-electron chi connectivity index (χ0n) is 10.4. The monoisotopic (exact) mass is 266 g/mol. The van der Waals surface area contributed by atoms with E-state index in [1.54, 1.807) is 6.08 Å². The van der Waals surface area contributed by atoms with Crippen molar-refractivity contribution in [2.45, 2.75) is 18.2 Å². The zero-order valence-corrected chi connectivity index (χ0v) is 10.4. The Morgan fingerprint density at radius 1 is 1.58 bits per heavy atom. The number of nitrogens with one attached hydrogen (secondary N) is 2. The number of hydrogen-bond acceptors (Lipinski definition) is 6. The number of amides is 1. The van der Waals surface area contributed by atoms with E-state index in [9.17, 15) is 15.0 Å². The molecule has 4 unspecified atom stereocenters. The van der Waals surface area contributed by atoms with Gasteiger partial charge in [-0.05, 0) is 5.57 Å². The molecule has 19 heavy (non-hydrogen) atoms. The van der Waals surface area contributed by atoms with E-state index in [2.05, 4.69) is 22.2 Å². The average molecular weight is 266 g/mol. The van der Waals surface area contributed by atoms with Crippen molar-refractivity contribution in [3.05, 3.63) is 24.3 Å². The molecule has 7 heteroatoms. The van der Waals surface area contributed by atoms with Crippen molar-refractivity contribution < 1.29 is 15.0 Å². The molecular formula is C12H18N4O3. The summed E-state index contributed by atoms with van der Waals surface area (Å²) in [5.41, 5.74) is 6.06. The van der Waals surface area contributed by atoms with Crippen LogP contribution in [0.25, 0.3) is 0 Å². The number of hydrogen-bond donors (Lipinski definition) is 5. The molecule has 104 valence electrons. The van der Waals surface area contributed by atoms with Crippen LogP contribution in [0.15, 0.2) is 29.3 Å². The van der Waals surface area contributed by atoms with Crippen LogP contribution in [0.2, 0.25) is 0 Å². The molecule has 4 atom stereocenters. The summed E-state index contributed by atoms with van der Waals surface area (Å²) in [6, 6.07) is -0.341. The molecule has 7 nitrogen and oxygen atoms in total. The molecule has 2 rings (SSSR count). The van der Waals surface area contributed by atoms with Crippen molar-refractivity contribution in [3.8, 4) is 0 Å². The number of guanidine groups is 1. The van der Waals surface area contributed by atoms with Gasteiger partial charge in [-0.25, -0.2) is 0 Å². The number of carbonyl (C=O) groups excluding carboxylic acids is 1. The molecule has 0 radical (unpaired) electrons. The van der Waals surface area contributed by atoms with Crippen LogP contribution in [0.4, 0.5) is 0 Å². The molecule has 0 fully saturated rings. The number of rotatable bonds is 4. The van der Waals surface area contributed by atoms with E-state index >= 15 is 0 Å². The van der Waals surface area contributed by atoms with E-state index in [0.29, 0.717) is 12.1 Å². The minimum Gasteiger partial charge on any atom is -0.388 e. The maximum absolute atomic E-state index is 11.7. The molecule has 1 aliphatic carbocycles. The Morgan fingerprint density at radius 2 is 2.32 bits per heavy atom. The molecular weight excluding hydrogens is 248 g/mol. The van der Waals surface area contributed by atoms with Crippen molar-refractivity contribution in [2.75, 3.05) is 13.1 Å². The number of nitrogens with zero attached hydrogens (tertiary/aromatic N) is 1. The van der Waals surface area contributed by atoms with Crippen LogP contribution in [0.3, 0.4) is 0 Å². The molecule has 0 aromatic heterocycles. The van der Waals surface area contributed by atoms with Gasteiger partial charge in [0.2, 0.25) is 5.91 Å². The summed E-state index contributed by atoms with van der Waals surface area (Å²) in [7, 11) is 0. The maximum atomic E-state index is 11.7. The summed E-state index contributed by atoms with van der Waals surface area (Å²) in [6.07, 6.45) is 1.50. The highest BCUT2D eigenvalue weighted by Crippen LogP contribution is 2.15. The third-order valence-electron chi connectivity index (χ3n) is 3.30. The molecule has 0 aromatic rings. The van der Waals surface area contributed by atoms with Crippen molar-refractivity contribution in [3.63, 3.8) is 0 Å². The van der Waals surface area contributed by atoms with E-state index in [1.165, 1.54) is 6.08 Å². The van der Waals surface area contributed by atoms with Gasteiger partial charge in [0.1, 0.15) is 6.10 Å². The highest BCUT2D eigenvalue weighted by atomic mass is 16.3. The second kappa shape index (κ2) is 5.52. The number of aliphatic hydroxyl groups excluding tert-OH is 2. The Morgan fingerprint density at radius 3 is 2.89 bits per heavy atom. The largest absolute Gasteiger partial charge is 0.388 e. The molecule has 1 amide bonds. The van der Waals surface area contributed by atoms with Crippen molar-refractivity contribution in [1.82, 2.24) is 10.6 Å². The van der Waals surface area contributed by atoms with Crippen LogP contribution >= 0.6 is 0 Å². The van der Waals surface area contributed by atoms with Gasteiger partial charge in [-0.15, -0.1) is 0 Å². The Balaban J connectivity index is 1.85. The number of carbonyl (C=O) groups is 1. The topological polar surface area (TPSA) is 120 Å². The summed E-state index contributed by atoms with van der Waals surface area (Å²) in [5.74, 6) is -0.520. The van der Waals surface area contributed by atoms with Gasteiger partial charge in [-0.2, -0.15) is 0 Å². The fourth-order valence-corrected chi connectivity index (χ4v) is 2.07. The highest BCUT2D eigenvalue weighted by molar-refractivity contribution is 6.00. The van der Waals surface area contributed by atoms with E-state index in [0.717, 1.165) is 0 Å². The highest BCUT2D eigenvalue weighted by Gasteiger charge is 2.30. The Bertz CT molecular complexity index is 446. The summed E-state index contributed by atoms with van der Waals surface area (Å²) in [5, 5.41) is 24.5. The molecule has 0 saturated carbocycles. The Labute approximate surface area is 110 Å². The maximum Gasteiger partial charge on any atom is 0.235 e. The molecule has 1 heterocycles. The number of aliphatic imine (C=N–C) groups is 1. The van der Waals surface area contributed by atoms with Gasteiger partial charge < -0.3 is 21.3 Å². The Kier molecular flexibility index (Phi) is 3.98. The van der Waals surface area contributed by atoms with Gasteiger partial charge in [-0.3, -0.25) is 15.1 Å². The van der Waals surface area contributed by atoms with Gasteiger partial charge in [0.15, 0.2) is 5.96 Å². The van der Waals surface area contributed by atoms with Gasteiger partial charge in [-0.1, -0.05) is 18.7 Å². The summed E-state index contributed by atoms with van der Waals surface area (Å²) in [4.78, 5) is 15.7. The average Bonchev–Trinajstić information content (AvgIpc) is 2.67. The third kappa shape index (κ3) is 3.01. The summed E-state index contributed by atoms with van der Waals surface area (Å²) in [6.45, 7) is 4.49. The molecule has 0 bridgehead atoms. The summed E-state index contributed by atoms with van der Waals surface area (Å²) < 4.78 is 0. The molecule has 1 aliphatic heterocycles. The van der Waals surface area contributed by atoms with E-state index in [4.69, 9.17) is 5.73 Å². The van der Waals surface area contributed by atoms with Gasteiger partial charge in [0.05, 0.1) is 24.6 Å². The van der Waals surface area contributed by atoms with Crippen molar-refractivity contribution in [2.24, 2.45) is 16.6 Å². The quantitative estimate of drug-likeness (QED) is 0.372. The van der Waals surface area contributed by atoms with Crippen LogP contribution < -0.4 is 16.4 Å². The lowest BCUT2D eigenvalue weighted by molar-refractivity contribution is -0.122. The first-order valence-corrected chi connectivity index (χ1v) is 6.05. The predicted octanol–water partition coefficient (Wildman–Crippen LogP) is -2.15. The normalized spacial score (nSPS) is 34.0. The lowest BCUT2D eigenvalue weighted by atomic mass is 9.98. The molecule has 0 aromatic carbocycles. The minimum atomic E-state index is -0.873. The lowest BCUT2D eigenvalue weighted by Gasteiger charge is -2.24. The third-order valence-corrected chi connectivity index (χ3v) is 3.30. The zero-order chi connectivity index (χ0) is 14.0. The van der Waals surface area contributed by atoms with Crippen LogP contribution in [-0.2, 0) is 4.79 Å². The lowest BCUT2D eigenvalue weighted by Crippen LogP contribution is -2.48. The Hall–Kier alpha value is -1.70. The van der Waals surface area contributed by atoms with E-state index in [-0.39, 0.29) is 24.5 Å². The van der Waals surface area contributed by atoms with E-state index in [1.807, 2.05) is 0 Å². The van der Waals surface area contributed by atoms with Gasteiger partial charge in [0.25, 0.3) is 0 Å². The standard InChI is InChI=1S/C12H18N4O3/c1-6(7-5-15-12(13)16-11(7)19)4-14-8-2-3-9(17)10(8)18/h2-3,7-10,14,17-18H,1,4-5H2,(H3,13,15,16,19). The molecule has 0 saturated heterocycles. The molecule has 0 spiro atoms. The van der Waals surface area contributed by atoms with Crippen LogP contribution in [0.5, 0.6) is 0 Å². The van der Waals surface area contributed by atoms with Gasteiger partial charge >= 0.3 is 0 Å². The van der Waals surface area contributed by atoms with Crippen LogP contribution in [-0.4, -0.2) is 53.4 Å².